The number of carbonyl (C=O) groups is 1. The van der Waals surface area contributed by atoms with Crippen molar-refractivity contribution < 1.29 is 9.22 Å². The van der Waals surface area contributed by atoms with Gasteiger partial charge in [-0.15, -0.1) is 0 Å². The molecule has 24 heavy (non-hydrogen) atoms. The van der Waals surface area contributed by atoms with E-state index in [-0.39, 0.29) is 29.0 Å². The van der Waals surface area contributed by atoms with Gasteiger partial charge in [0.15, 0.2) is 8.32 Å². The van der Waals surface area contributed by atoms with Crippen molar-refractivity contribution in [2.45, 2.75) is 58.0 Å². The number of β-lactam (4-membered cyclic amide) rings is 1. The van der Waals surface area contributed by atoms with Crippen LogP contribution in [0.1, 0.15) is 39.3 Å². The van der Waals surface area contributed by atoms with Crippen molar-refractivity contribution >= 4 is 25.1 Å². The van der Waals surface area contributed by atoms with Gasteiger partial charge in [0.1, 0.15) is 0 Å². The van der Waals surface area contributed by atoms with E-state index < -0.39 is 8.32 Å². The summed E-state index contributed by atoms with van der Waals surface area (Å²) >= 11 is 0. The van der Waals surface area contributed by atoms with Crippen molar-refractivity contribution in [3.8, 4) is 0 Å². The second kappa shape index (κ2) is 5.74. The summed E-state index contributed by atoms with van der Waals surface area (Å²) in [5.41, 5.74) is 2.26. The van der Waals surface area contributed by atoms with Crippen LogP contribution in [-0.4, -0.2) is 25.3 Å². The third-order valence-electron chi connectivity index (χ3n) is 5.71. The van der Waals surface area contributed by atoms with Crippen LogP contribution in [0, 0.1) is 5.92 Å². The molecule has 5 heteroatoms. The van der Waals surface area contributed by atoms with Gasteiger partial charge in [0.25, 0.3) is 0 Å². The molecule has 2 heterocycles. The first-order chi connectivity index (χ1) is 11.1. The lowest BCUT2D eigenvalue weighted by Gasteiger charge is -2.45. The zero-order chi connectivity index (χ0) is 17.7. The number of carbonyl (C=O) groups excluding carboxylic acids is 1. The van der Waals surface area contributed by atoms with Crippen molar-refractivity contribution in [3.63, 3.8) is 0 Å². The summed E-state index contributed by atoms with van der Waals surface area (Å²) in [6.45, 7) is 13.2. The number of hydrogen-bond acceptors (Lipinski definition) is 2. The maximum Gasteiger partial charge on any atom is 0.228 e. The molecule has 0 spiro atoms. The molecular formula is C19H28N2O2Si. The van der Waals surface area contributed by atoms with Gasteiger partial charge in [0, 0.05) is 22.7 Å². The lowest BCUT2D eigenvalue weighted by molar-refractivity contribution is -0.140. The minimum atomic E-state index is -1.90. The van der Waals surface area contributed by atoms with Crippen LogP contribution in [0.2, 0.25) is 18.1 Å². The second-order valence-electron chi connectivity index (χ2n) is 8.38. The molecule has 4 nitrogen and oxygen atoms in total. The van der Waals surface area contributed by atoms with Crippen molar-refractivity contribution in [1.82, 2.24) is 10.3 Å². The first kappa shape index (κ1) is 17.2. The fraction of sp³-hybridized carbons (Fsp3) is 0.526. The summed E-state index contributed by atoms with van der Waals surface area (Å²) in [7, 11) is -1.90. The van der Waals surface area contributed by atoms with E-state index >= 15 is 0 Å². The zero-order valence-corrected chi connectivity index (χ0v) is 16.4. The first-order valence-corrected chi connectivity index (χ1v) is 11.6. The topological polar surface area (TPSA) is 54.1 Å². The highest BCUT2D eigenvalue weighted by atomic mass is 28.4. The Morgan fingerprint density at radius 2 is 1.88 bits per heavy atom. The largest absolute Gasteiger partial charge is 0.413 e. The zero-order valence-electron chi connectivity index (χ0n) is 15.4. The molecule has 1 aromatic carbocycles. The Labute approximate surface area is 145 Å². The minimum Gasteiger partial charge on any atom is -0.413 e. The fourth-order valence-electron chi connectivity index (χ4n) is 3.22. The molecule has 2 aromatic rings. The molecule has 0 radical (unpaired) electrons. The summed E-state index contributed by atoms with van der Waals surface area (Å²) in [5.74, 6) is -0.0326. The summed E-state index contributed by atoms with van der Waals surface area (Å²) in [4.78, 5) is 15.6. The number of benzene rings is 1. The molecule has 130 valence electrons. The Morgan fingerprint density at radius 1 is 1.21 bits per heavy atom. The molecule has 0 unspecified atom stereocenters. The summed E-state index contributed by atoms with van der Waals surface area (Å²) in [6, 6.07) is 8.23. The summed E-state index contributed by atoms with van der Waals surface area (Å²) in [5, 5.41) is 4.38. The van der Waals surface area contributed by atoms with Gasteiger partial charge in [-0.3, -0.25) is 4.79 Å². The van der Waals surface area contributed by atoms with Crippen molar-refractivity contribution in [1.29, 1.82) is 0 Å². The molecule has 0 saturated carbocycles. The van der Waals surface area contributed by atoms with Gasteiger partial charge in [-0.2, -0.15) is 0 Å². The number of aromatic amines is 1. The number of hydrogen-bond donors (Lipinski definition) is 2. The predicted molar refractivity (Wildman–Crippen MR) is 100 cm³/mol. The number of nitrogens with one attached hydrogen (secondary N) is 2. The highest BCUT2D eigenvalue weighted by Crippen LogP contribution is 2.42. The fourth-order valence-corrected chi connectivity index (χ4v) is 4.65. The number of aromatic nitrogens is 1. The molecule has 1 aromatic heterocycles. The van der Waals surface area contributed by atoms with E-state index in [9.17, 15) is 4.79 Å². The molecule has 1 amide bonds. The highest BCUT2D eigenvalue weighted by molar-refractivity contribution is 6.74. The molecule has 2 N–H and O–H groups in total. The van der Waals surface area contributed by atoms with E-state index in [4.69, 9.17) is 4.43 Å². The van der Waals surface area contributed by atoms with Crippen molar-refractivity contribution in [3.05, 3.63) is 36.0 Å². The van der Waals surface area contributed by atoms with E-state index in [0.29, 0.717) is 0 Å². The van der Waals surface area contributed by atoms with Gasteiger partial charge in [-0.05, 0) is 31.1 Å². The molecule has 1 aliphatic rings. The predicted octanol–water partition coefficient (Wildman–Crippen LogP) is 4.37. The Balaban J connectivity index is 1.84. The van der Waals surface area contributed by atoms with Gasteiger partial charge in [-0.25, -0.2) is 0 Å². The van der Waals surface area contributed by atoms with Crippen LogP contribution in [0.3, 0.4) is 0 Å². The van der Waals surface area contributed by atoms with Crippen LogP contribution in [0.25, 0.3) is 10.9 Å². The number of para-hydroxylation sites is 1. The molecule has 3 rings (SSSR count). The number of rotatable bonds is 4. The molecule has 1 fully saturated rings. The maximum atomic E-state index is 12.3. The second-order valence-corrected chi connectivity index (χ2v) is 13.1. The third kappa shape index (κ3) is 2.80. The summed E-state index contributed by atoms with van der Waals surface area (Å²) in [6.07, 6.45) is 1.93. The monoisotopic (exact) mass is 344 g/mol. The van der Waals surface area contributed by atoms with E-state index in [2.05, 4.69) is 56.3 Å². The standard InChI is InChI=1S/C19H28N2O2Si/c1-12(23-24(5,6)19(2,3)4)16-17(21-18(16)22)14-11-20-15-10-8-7-9-13(14)15/h7-12,16-17,20H,1-6H3,(H,21,22)/t12-,16-,17-/m1/s1. The average molecular weight is 345 g/mol. The Hall–Kier alpha value is -1.59. The average Bonchev–Trinajstić information content (AvgIpc) is 2.86. The molecule has 0 bridgehead atoms. The van der Waals surface area contributed by atoms with Gasteiger partial charge in [0.2, 0.25) is 5.91 Å². The van der Waals surface area contributed by atoms with Crippen molar-refractivity contribution in [2.75, 3.05) is 0 Å². The smallest absolute Gasteiger partial charge is 0.228 e. The number of amides is 1. The normalized spacial score (nSPS) is 23.0. The first-order valence-electron chi connectivity index (χ1n) is 8.66. The molecule has 1 aliphatic heterocycles. The van der Waals surface area contributed by atoms with Gasteiger partial charge < -0.3 is 14.7 Å². The lowest BCUT2D eigenvalue weighted by atomic mass is 9.81. The Kier molecular flexibility index (Phi) is 4.12. The van der Waals surface area contributed by atoms with Crippen LogP contribution < -0.4 is 5.32 Å². The van der Waals surface area contributed by atoms with Crippen LogP contribution in [0.5, 0.6) is 0 Å². The number of H-pyrrole nitrogens is 1. The Morgan fingerprint density at radius 3 is 2.50 bits per heavy atom. The van der Waals surface area contributed by atoms with Crippen LogP contribution in [-0.2, 0) is 9.22 Å². The quantitative estimate of drug-likeness (QED) is 0.639. The van der Waals surface area contributed by atoms with E-state index in [0.717, 1.165) is 11.1 Å². The summed E-state index contributed by atoms with van der Waals surface area (Å²) < 4.78 is 6.48. The van der Waals surface area contributed by atoms with Crippen molar-refractivity contribution in [2.24, 2.45) is 5.92 Å². The third-order valence-corrected chi connectivity index (χ3v) is 10.3. The van der Waals surface area contributed by atoms with E-state index in [1.165, 1.54) is 5.39 Å². The lowest BCUT2D eigenvalue weighted by Crippen LogP contribution is -2.58. The van der Waals surface area contributed by atoms with Gasteiger partial charge >= 0.3 is 0 Å². The molecule has 0 aliphatic carbocycles. The molecular weight excluding hydrogens is 316 g/mol. The van der Waals surface area contributed by atoms with Gasteiger partial charge in [0.05, 0.1) is 18.1 Å². The minimum absolute atomic E-state index is 0.0217. The number of fused-ring (bicyclic) bond motifs is 1. The van der Waals surface area contributed by atoms with Gasteiger partial charge in [-0.1, -0.05) is 39.0 Å². The highest BCUT2D eigenvalue weighted by Gasteiger charge is 2.48. The SMILES string of the molecule is C[C@@H](O[Si](C)(C)C(C)(C)C)[C@H]1C(=O)N[C@@H]1c1c[nH]c2ccccc12. The van der Waals surface area contributed by atoms with E-state index in [1.54, 1.807) is 0 Å². The van der Waals surface area contributed by atoms with Crippen LogP contribution in [0.4, 0.5) is 0 Å². The molecule has 3 atom stereocenters. The molecule has 1 saturated heterocycles. The van der Waals surface area contributed by atoms with Crippen LogP contribution >= 0.6 is 0 Å². The van der Waals surface area contributed by atoms with Crippen LogP contribution in [0.15, 0.2) is 30.5 Å². The maximum absolute atomic E-state index is 12.3. The Bertz CT molecular complexity index is 760. The van der Waals surface area contributed by atoms with E-state index in [1.807, 2.05) is 25.3 Å².